The fourth-order valence-electron chi connectivity index (χ4n) is 3.62. The van der Waals surface area contributed by atoms with Crippen LogP contribution in [0.2, 0.25) is 0 Å². The molecule has 9 nitrogen and oxygen atoms in total. The third-order valence-electron chi connectivity index (χ3n) is 5.35. The van der Waals surface area contributed by atoms with Gasteiger partial charge in [-0.05, 0) is 49.7 Å². The molecule has 1 saturated heterocycles. The second-order valence-corrected chi connectivity index (χ2v) is 11.6. The van der Waals surface area contributed by atoms with Gasteiger partial charge in [-0.2, -0.15) is 4.31 Å². The fraction of sp³-hybridized carbons (Fsp3) is 0.409. The number of nitrogens with one attached hydrogen (secondary N) is 1. The van der Waals surface area contributed by atoms with Gasteiger partial charge in [-0.25, -0.2) is 16.8 Å². The molecule has 1 aliphatic heterocycles. The van der Waals surface area contributed by atoms with Crippen LogP contribution in [-0.2, 0) is 29.6 Å². The summed E-state index contributed by atoms with van der Waals surface area (Å²) in [5.41, 5.74) is 1.74. The largest absolute Gasteiger partial charge is 0.379 e. The zero-order valence-corrected chi connectivity index (χ0v) is 20.5. The number of morpholine rings is 1. The summed E-state index contributed by atoms with van der Waals surface area (Å²) < 4.78 is 58.3. The Labute approximate surface area is 195 Å². The molecular formula is C22H29N3O6S2. The van der Waals surface area contributed by atoms with E-state index in [4.69, 9.17) is 4.74 Å². The van der Waals surface area contributed by atoms with E-state index >= 15 is 0 Å². The van der Waals surface area contributed by atoms with Gasteiger partial charge >= 0.3 is 0 Å². The Kier molecular flexibility index (Phi) is 7.78. The second-order valence-electron chi connectivity index (χ2n) is 7.85. The number of sulfonamides is 2. The lowest BCUT2D eigenvalue weighted by atomic mass is 10.1. The van der Waals surface area contributed by atoms with Crippen LogP contribution in [0.25, 0.3) is 0 Å². The summed E-state index contributed by atoms with van der Waals surface area (Å²) in [6.07, 6.45) is 1.31. The van der Waals surface area contributed by atoms with Crippen LogP contribution in [0.1, 0.15) is 18.9 Å². The van der Waals surface area contributed by atoms with Gasteiger partial charge < -0.3 is 10.1 Å². The third kappa shape index (κ3) is 5.91. The first-order chi connectivity index (χ1) is 15.5. The van der Waals surface area contributed by atoms with Crippen LogP contribution >= 0.6 is 0 Å². The van der Waals surface area contributed by atoms with Crippen molar-refractivity contribution in [3.8, 4) is 0 Å². The number of benzene rings is 2. The molecule has 0 bridgehead atoms. The molecule has 1 atom stereocenters. The molecule has 2 aromatic rings. The predicted molar refractivity (Wildman–Crippen MR) is 127 cm³/mol. The van der Waals surface area contributed by atoms with Gasteiger partial charge in [0.1, 0.15) is 6.04 Å². The zero-order valence-electron chi connectivity index (χ0n) is 18.9. The van der Waals surface area contributed by atoms with Gasteiger partial charge in [0.25, 0.3) is 0 Å². The summed E-state index contributed by atoms with van der Waals surface area (Å²) in [6, 6.07) is 11.8. The fourth-order valence-corrected chi connectivity index (χ4v) is 6.24. The number of hydrogen-bond acceptors (Lipinski definition) is 6. The van der Waals surface area contributed by atoms with E-state index in [0.717, 1.165) is 16.1 Å². The van der Waals surface area contributed by atoms with Gasteiger partial charge in [0, 0.05) is 18.8 Å². The summed E-state index contributed by atoms with van der Waals surface area (Å²) >= 11 is 0. The minimum Gasteiger partial charge on any atom is -0.379 e. The summed E-state index contributed by atoms with van der Waals surface area (Å²) in [5.74, 6) is -0.507. The topological polar surface area (TPSA) is 113 Å². The Morgan fingerprint density at radius 1 is 1.03 bits per heavy atom. The molecule has 33 heavy (non-hydrogen) atoms. The Balaban J connectivity index is 1.80. The van der Waals surface area contributed by atoms with Crippen molar-refractivity contribution in [3.63, 3.8) is 0 Å². The van der Waals surface area contributed by atoms with Crippen LogP contribution in [0.5, 0.6) is 0 Å². The van der Waals surface area contributed by atoms with Crippen LogP contribution < -0.4 is 9.62 Å². The van der Waals surface area contributed by atoms with Gasteiger partial charge in [0.2, 0.25) is 26.0 Å². The van der Waals surface area contributed by atoms with E-state index < -0.39 is 32.0 Å². The number of rotatable bonds is 8. The molecule has 11 heteroatoms. The number of aryl methyl sites for hydroxylation is 1. The maximum atomic E-state index is 13.0. The van der Waals surface area contributed by atoms with Crippen LogP contribution in [0.4, 0.5) is 11.4 Å². The molecule has 0 aromatic heterocycles. The molecule has 0 aliphatic carbocycles. The van der Waals surface area contributed by atoms with E-state index in [1.165, 1.54) is 28.6 Å². The molecule has 1 aliphatic rings. The lowest BCUT2D eigenvalue weighted by Crippen LogP contribution is -2.47. The quantitative estimate of drug-likeness (QED) is 0.601. The Morgan fingerprint density at radius 2 is 1.61 bits per heavy atom. The smallest absolute Gasteiger partial charge is 0.248 e. The van der Waals surface area contributed by atoms with E-state index in [-0.39, 0.29) is 11.3 Å². The van der Waals surface area contributed by atoms with Crippen molar-refractivity contribution in [2.24, 2.45) is 0 Å². The minimum atomic E-state index is -3.74. The van der Waals surface area contributed by atoms with Crippen LogP contribution in [0.15, 0.2) is 53.4 Å². The minimum absolute atomic E-state index is 0.117. The van der Waals surface area contributed by atoms with E-state index in [1.54, 1.807) is 31.2 Å². The van der Waals surface area contributed by atoms with Gasteiger partial charge in [0.05, 0.1) is 30.1 Å². The Morgan fingerprint density at radius 3 is 2.12 bits per heavy atom. The molecule has 2 aromatic carbocycles. The maximum Gasteiger partial charge on any atom is 0.248 e. The number of carbonyl (C=O) groups is 1. The highest BCUT2D eigenvalue weighted by molar-refractivity contribution is 7.92. The standard InChI is InChI=1S/C22H29N3O6S2/c1-4-21(25(32(3,27)28)19-9-5-17(2)6-10-19)22(26)23-18-7-11-20(12-8-18)33(29,30)24-13-15-31-16-14-24/h5-12,21H,4,13-16H2,1-3H3,(H,23,26)/t21-/m0/s1. The number of amides is 1. The molecular weight excluding hydrogens is 466 g/mol. The first-order valence-electron chi connectivity index (χ1n) is 10.6. The molecule has 0 unspecified atom stereocenters. The average Bonchev–Trinajstić information content (AvgIpc) is 2.78. The Bertz CT molecular complexity index is 1170. The first kappa shape index (κ1) is 25.2. The molecule has 0 saturated carbocycles. The average molecular weight is 496 g/mol. The molecule has 1 heterocycles. The lowest BCUT2D eigenvalue weighted by molar-refractivity contribution is -0.117. The van der Waals surface area contributed by atoms with Crippen molar-refractivity contribution in [1.29, 1.82) is 0 Å². The number of carbonyl (C=O) groups excluding carboxylic acids is 1. The molecule has 1 fully saturated rings. The normalized spacial score (nSPS) is 16.2. The highest BCUT2D eigenvalue weighted by atomic mass is 32.2. The van der Waals surface area contributed by atoms with Gasteiger partial charge in [0.15, 0.2) is 0 Å². The third-order valence-corrected chi connectivity index (χ3v) is 8.44. The van der Waals surface area contributed by atoms with E-state index in [9.17, 15) is 21.6 Å². The number of anilines is 2. The first-order valence-corrected chi connectivity index (χ1v) is 13.9. The van der Waals surface area contributed by atoms with Crippen LogP contribution in [0.3, 0.4) is 0 Å². The van der Waals surface area contributed by atoms with Crippen molar-refractivity contribution in [1.82, 2.24) is 4.31 Å². The maximum absolute atomic E-state index is 13.0. The van der Waals surface area contributed by atoms with E-state index in [1.807, 2.05) is 6.92 Å². The van der Waals surface area contributed by atoms with Crippen molar-refractivity contribution in [2.45, 2.75) is 31.2 Å². The number of hydrogen-bond donors (Lipinski definition) is 1. The molecule has 3 rings (SSSR count). The Hall–Kier alpha value is -2.47. The summed E-state index contributed by atoms with van der Waals surface area (Å²) in [5, 5.41) is 2.71. The van der Waals surface area contributed by atoms with Gasteiger partial charge in [-0.1, -0.05) is 24.6 Å². The molecule has 1 amide bonds. The van der Waals surface area contributed by atoms with Crippen molar-refractivity contribution in [2.75, 3.05) is 42.2 Å². The predicted octanol–water partition coefficient (Wildman–Crippen LogP) is 2.20. The zero-order chi connectivity index (χ0) is 24.2. The molecule has 1 N–H and O–H groups in total. The van der Waals surface area contributed by atoms with E-state index in [0.29, 0.717) is 37.7 Å². The number of nitrogens with zero attached hydrogens (tertiary/aromatic N) is 2. The number of ether oxygens (including phenoxy) is 1. The van der Waals surface area contributed by atoms with Crippen LogP contribution in [0, 0.1) is 6.92 Å². The SMILES string of the molecule is CC[C@@H](C(=O)Nc1ccc(S(=O)(=O)N2CCOCC2)cc1)N(c1ccc(C)cc1)S(C)(=O)=O. The van der Waals surface area contributed by atoms with E-state index in [2.05, 4.69) is 5.32 Å². The van der Waals surface area contributed by atoms with Gasteiger partial charge in [-0.3, -0.25) is 9.10 Å². The van der Waals surface area contributed by atoms with Crippen molar-refractivity contribution >= 4 is 37.3 Å². The molecule has 0 radical (unpaired) electrons. The van der Waals surface area contributed by atoms with Gasteiger partial charge in [-0.15, -0.1) is 0 Å². The highest BCUT2D eigenvalue weighted by Crippen LogP contribution is 2.24. The summed E-state index contributed by atoms with van der Waals surface area (Å²) in [6.45, 7) is 4.90. The second kappa shape index (κ2) is 10.2. The monoisotopic (exact) mass is 495 g/mol. The molecule has 0 spiro atoms. The van der Waals surface area contributed by atoms with Crippen molar-refractivity contribution < 1.29 is 26.4 Å². The lowest BCUT2D eigenvalue weighted by Gasteiger charge is -2.30. The summed E-state index contributed by atoms with van der Waals surface area (Å²) in [7, 11) is -7.39. The van der Waals surface area contributed by atoms with Crippen LogP contribution in [-0.4, -0.2) is 65.6 Å². The molecule has 180 valence electrons. The highest BCUT2D eigenvalue weighted by Gasteiger charge is 2.32. The summed E-state index contributed by atoms with van der Waals surface area (Å²) in [4.78, 5) is 13.2. The van der Waals surface area contributed by atoms with Crippen molar-refractivity contribution in [3.05, 3.63) is 54.1 Å².